The van der Waals surface area contributed by atoms with Gasteiger partial charge in [0.25, 0.3) is 0 Å². The van der Waals surface area contributed by atoms with Crippen LogP contribution in [0, 0.1) is 0 Å². The summed E-state index contributed by atoms with van der Waals surface area (Å²) in [5, 5.41) is 50.1. The van der Waals surface area contributed by atoms with Gasteiger partial charge in [0, 0.05) is 12.8 Å². The molecule has 13 nitrogen and oxygen atoms in total. The Kier molecular flexibility index (Phi) is 33.3. The maximum Gasteiger partial charge on any atom is 0.472 e. The van der Waals surface area contributed by atoms with E-state index in [9.17, 15) is 44.6 Å². The first kappa shape index (κ1) is 55.1. The van der Waals surface area contributed by atoms with E-state index < -0.39 is 75.7 Å². The second kappa shape index (κ2) is 35.7. The van der Waals surface area contributed by atoms with E-state index in [2.05, 4.69) is 43.9 Å². The predicted molar refractivity (Wildman–Crippen MR) is 229 cm³/mol. The zero-order chi connectivity index (χ0) is 43.6. The molecular weight excluding hydrogens is 779 g/mol. The standard InChI is InChI=1S/C45H81O13P/c1-3-5-7-9-11-13-15-17-19-21-23-25-27-29-31-33-38(46)55-35-37(36-56-59(53,54)58-45-43(51)41(49)40(48)42(50)44(45)52)57-39(47)34-32-30-28-26-24-22-20-18-16-14-12-10-8-6-4-2/h6,8,16,20,37,40-45,48-52H,3-5,7,9-15,17,19,21-36H2,1-2H3,(H,53,54)/b8-6+/t18?,37-,40?,41-,42+,43+,44+,45?/m1/s1. The molecule has 0 aromatic heterocycles. The van der Waals surface area contributed by atoms with Crippen molar-refractivity contribution in [1.29, 1.82) is 0 Å². The van der Waals surface area contributed by atoms with Crippen LogP contribution in [0.2, 0.25) is 0 Å². The number of rotatable bonds is 37. The molecule has 1 aliphatic carbocycles. The molecule has 0 aromatic rings. The summed E-state index contributed by atoms with van der Waals surface area (Å²) in [6, 6.07) is 0. The van der Waals surface area contributed by atoms with Gasteiger partial charge < -0.3 is 39.9 Å². The molecule has 344 valence electrons. The van der Waals surface area contributed by atoms with E-state index in [1.54, 1.807) is 0 Å². The highest BCUT2D eigenvalue weighted by atomic mass is 31.2. The second-order valence-electron chi connectivity index (χ2n) is 16.0. The van der Waals surface area contributed by atoms with Gasteiger partial charge in [-0.15, -0.1) is 5.73 Å². The van der Waals surface area contributed by atoms with E-state index in [1.807, 2.05) is 0 Å². The number of phosphoric ester groups is 1. The Bertz CT molecular complexity index is 1190. The Labute approximate surface area is 355 Å². The largest absolute Gasteiger partial charge is 0.472 e. The molecule has 0 aromatic carbocycles. The summed E-state index contributed by atoms with van der Waals surface area (Å²) >= 11 is 0. The molecule has 0 bridgehead atoms. The SMILES string of the molecule is CC/C=C/CCCC=C=CCCCCCCCC(=O)O[C@H](COC(=O)CCCCCCCCCCCCCCCCC)COP(=O)(O)OC1[C@@H](O)[C@H](O)C(O)[C@H](O)[C@@H]1O. The van der Waals surface area contributed by atoms with Crippen LogP contribution in [0.4, 0.5) is 0 Å². The fourth-order valence-corrected chi connectivity index (χ4v) is 7.83. The first-order valence-electron chi connectivity index (χ1n) is 22.9. The molecule has 1 saturated carbocycles. The molecule has 0 radical (unpaired) electrons. The van der Waals surface area contributed by atoms with Crippen LogP contribution in [0.3, 0.4) is 0 Å². The zero-order valence-corrected chi connectivity index (χ0v) is 37.2. The van der Waals surface area contributed by atoms with Crippen LogP contribution in [-0.2, 0) is 32.7 Å². The Morgan fingerprint density at radius 2 is 1.03 bits per heavy atom. The van der Waals surface area contributed by atoms with Crippen LogP contribution in [0.1, 0.15) is 187 Å². The number of aliphatic hydroxyl groups excluding tert-OH is 5. The van der Waals surface area contributed by atoms with Crippen LogP contribution < -0.4 is 0 Å². The minimum Gasteiger partial charge on any atom is -0.462 e. The van der Waals surface area contributed by atoms with E-state index in [1.165, 1.54) is 70.6 Å². The quantitative estimate of drug-likeness (QED) is 0.0114. The van der Waals surface area contributed by atoms with Crippen molar-refractivity contribution >= 4 is 19.8 Å². The number of aliphatic hydroxyl groups is 5. The molecule has 0 saturated heterocycles. The van der Waals surface area contributed by atoms with Crippen molar-refractivity contribution in [3.8, 4) is 0 Å². The maximum absolute atomic E-state index is 12.8. The summed E-state index contributed by atoms with van der Waals surface area (Å²) in [5.41, 5.74) is 3.24. The normalized spacial score (nSPS) is 22.1. The van der Waals surface area contributed by atoms with Gasteiger partial charge in [0.15, 0.2) is 6.10 Å². The van der Waals surface area contributed by atoms with Crippen LogP contribution in [0.5, 0.6) is 0 Å². The highest BCUT2D eigenvalue weighted by Gasteiger charge is 2.51. The number of carbonyl (C=O) groups excluding carboxylic acids is 2. The topological polar surface area (TPSA) is 210 Å². The smallest absolute Gasteiger partial charge is 0.462 e. The summed E-state index contributed by atoms with van der Waals surface area (Å²) in [6.45, 7) is 3.18. The van der Waals surface area contributed by atoms with Gasteiger partial charge in [-0.1, -0.05) is 135 Å². The van der Waals surface area contributed by atoms with Crippen molar-refractivity contribution in [1.82, 2.24) is 0 Å². The molecule has 0 spiro atoms. The number of ether oxygens (including phenoxy) is 2. The number of unbranched alkanes of at least 4 members (excludes halogenated alkanes) is 21. The predicted octanol–water partition coefficient (Wildman–Crippen LogP) is 8.60. The summed E-state index contributed by atoms with van der Waals surface area (Å²) in [7, 11) is -5.12. The Hall–Kier alpha value is -1.89. The lowest BCUT2D eigenvalue weighted by Gasteiger charge is -2.41. The van der Waals surface area contributed by atoms with E-state index in [-0.39, 0.29) is 12.8 Å². The molecule has 8 atom stereocenters. The molecule has 6 N–H and O–H groups in total. The molecule has 3 unspecified atom stereocenters. The lowest BCUT2D eigenvalue weighted by molar-refractivity contribution is -0.220. The van der Waals surface area contributed by atoms with E-state index >= 15 is 0 Å². The van der Waals surface area contributed by atoms with Gasteiger partial charge in [0.1, 0.15) is 43.2 Å². The lowest BCUT2D eigenvalue weighted by atomic mass is 9.85. The average molecular weight is 861 g/mol. The fourth-order valence-electron chi connectivity index (χ4n) is 6.86. The van der Waals surface area contributed by atoms with Crippen LogP contribution in [0.25, 0.3) is 0 Å². The van der Waals surface area contributed by atoms with Crippen molar-refractivity contribution in [2.24, 2.45) is 0 Å². The van der Waals surface area contributed by atoms with Crippen LogP contribution in [0.15, 0.2) is 30.0 Å². The first-order chi connectivity index (χ1) is 28.4. The van der Waals surface area contributed by atoms with Gasteiger partial charge in [-0.05, 0) is 63.5 Å². The first-order valence-corrected chi connectivity index (χ1v) is 24.4. The molecule has 1 fully saturated rings. The molecule has 14 heteroatoms. The van der Waals surface area contributed by atoms with E-state index in [0.717, 1.165) is 77.0 Å². The summed E-state index contributed by atoms with van der Waals surface area (Å²) < 4.78 is 33.5. The monoisotopic (exact) mass is 861 g/mol. The number of phosphoric acid groups is 1. The van der Waals surface area contributed by atoms with E-state index in [0.29, 0.717) is 12.8 Å². The van der Waals surface area contributed by atoms with Gasteiger partial charge in [0.05, 0.1) is 6.61 Å². The Morgan fingerprint density at radius 3 is 1.56 bits per heavy atom. The van der Waals surface area contributed by atoms with Crippen LogP contribution in [-0.4, -0.2) is 98.3 Å². The molecule has 0 amide bonds. The summed E-state index contributed by atoms with van der Waals surface area (Å²) in [5.74, 6) is -1.12. The highest BCUT2D eigenvalue weighted by molar-refractivity contribution is 7.47. The Balaban J connectivity index is 2.48. The van der Waals surface area contributed by atoms with Gasteiger partial charge >= 0.3 is 19.8 Å². The van der Waals surface area contributed by atoms with Crippen molar-refractivity contribution in [2.45, 2.75) is 230 Å². The number of hydrogen-bond donors (Lipinski definition) is 6. The second-order valence-corrected chi connectivity index (χ2v) is 17.4. The molecule has 1 aliphatic rings. The minimum absolute atomic E-state index is 0.0749. The number of carbonyl (C=O) groups is 2. The summed E-state index contributed by atoms with van der Waals surface area (Å²) in [4.78, 5) is 35.7. The fraction of sp³-hybridized carbons (Fsp3) is 0.844. The highest BCUT2D eigenvalue weighted by Crippen LogP contribution is 2.47. The van der Waals surface area contributed by atoms with Crippen molar-refractivity contribution in [2.75, 3.05) is 13.2 Å². The number of esters is 2. The van der Waals surface area contributed by atoms with Gasteiger partial charge in [-0.25, -0.2) is 4.57 Å². The lowest BCUT2D eigenvalue weighted by Crippen LogP contribution is -2.64. The molecule has 0 aliphatic heterocycles. The number of hydrogen-bond acceptors (Lipinski definition) is 12. The van der Waals surface area contributed by atoms with Gasteiger partial charge in [-0.2, -0.15) is 0 Å². The molecule has 59 heavy (non-hydrogen) atoms. The van der Waals surface area contributed by atoms with Crippen molar-refractivity contribution in [3.05, 3.63) is 30.0 Å². The third-order valence-corrected chi connectivity index (χ3v) is 11.5. The van der Waals surface area contributed by atoms with Crippen molar-refractivity contribution in [3.63, 3.8) is 0 Å². The summed E-state index contributed by atoms with van der Waals surface area (Å²) in [6.07, 6.45) is 23.0. The third-order valence-electron chi connectivity index (χ3n) is 10.6. The average Bonchev–Trinajstić information content (AvgIpc) is 3.21. The maximum atomic E-state index is 12.8. The Morgan fingerprint density at radius 1 is 0.576 bits per heavy atom. The van der Waals surface area contributed by atoms with Crippen molar-refractivity contribution < 1.29 is 63.1 Å². The third kappa shape index (κ3) is 28.4. The van der Waals surface area contributed by atoms with Gasteiger partial charge in [0.2, 0.25) is 0 Å². The molecular formula is C45H81O13P. The van der Waals surface area contributed by atoms with Crippen LogP contribution >= 0.6 is 7.82 Å². The van der Waals surface area contributed by atoms with E-state index in [4.69, 9.17) is 18.5 Å². The van der Waals surface area contributed by atoms with Gasteiger partial charge in [-0.3, -0.25) is 18.6 Å². The zero-order valence-electron chi connectivity index (χ0n) is 36.3. The minimum atomic E-state index is -5.12. The molecule has 0 heterocycles. The number of allylic oxidation sites excluding steroid dienone is 3. The molecule has 1 rings (SSSR count).